The Labute approximate surface area is 148 Å². The van der Waals surface area contributed by atoms with Crippen LogP contribution in [0.25, 0.3) is 0 Å². The van der Waals surface area contributed by atoms with Crippen LogP contribution in [0.2, 0.25) is 0 Å². The van der Waals surface area contributed by atoms with Gasteiger partial charge in [0.15, 0.2) is 5.78 Å². The van der Waals surface area contributed by atoms with Crippen molar-refractivity contribution < 1.29 is 13.2 Å². The molecule has 2 unspecified atom stereocenters. The standard InChI is InChI=1S/C19H22N2O3S/c1-14-11-15(12-20)13-21(14)25(23,24)18-10-6-5-9-17(18)19(22)16-7-3-2-4-8-16/h2-10,14-15H,11-13,20H2,1H3. The molecule has 1 saturated heterocycles. The summed E-state index contributed by atoms with van der Waals surface area (Å²) >= 11 is 0. The Kier molecular flexibility index (Phi) is 5.03. The summed E-state index contributed by atoms with van der Waals surface area (Å²) in [6.45, 7) is 2.74. The summed E-state index contributed by atoms with van der Waals surface area (Å²) in [5, 5.41) is 0. The third-order valence-electron chi connectivity index (χ3n) is 4.69. The van der Waals surface area contributed by atoms with Crippen LogP contribution in [-0.2, 0) is 10.0 Å². The molecule has 0 aliphatic carbocycles. The van der Waals surface area contributed by atoms with Crippen LogP contribution in [-0.4, -0.2) is 37.6 Å². The maximum Gasteiger partial charge on any atom is 0.244 e. The third-order valence-corrected chi connectivity index (χ3v) is 6.73. The molecule has 1 fully saturated rings. The quantitative estimate of drug-likeness (QED) is 0.832. The normalized spacial score (nSPS) is 21.4. The van der Waals surface area contributed by atoms with Gasteiger partial charge in [0, 0.05) is 23.7 Å². The van der Waals surface area contributed by atoms with E-state index >= 15 is 0 Å². The van der Waals surface area contributed by atoms with Gasteiger partial charge in [0.2, 0.25) is 10.0 Å². The summed E-state index contributed by atoms with van der Waals surface area (Å²) in [4.78, 5) is 12.9. The van der Waals surface area contributed by atoms with Gasteiger partial charge in [-0.2, -0.15) is 4.31 Å². The van der Waals surface area contributed by atoms with E-state index in [-0.39, 0.29) is 28.2 Å². The van der Waals surface area contributed by atoms with E-state index in [1.165, 1.54) is 10.4 Å². The zero-order chi connectivity index (χ0) is 18.0. The minimum absolute atomic E-state index is 0.0633. The molecule has 2 aromatic carbocycles. The van der Waals surface area contributed by atoms with E-state index in [1.54, 1.807) is 42.5 Å². The number of hydrogen-bond acceptors (Lipinski definition) is 4. The molecule has 3 rings (SSSR count). The fraction of sp³-hybridized carbons (Fsp3) is 0.316. The first-order chi connectivity index (χ1) is 11.9. The number of hydrogen-bond donors (Lipinski definition) is 1. The predicted octanol–water partition coefficient (Wildman–Crippen LogP) is 2.28. The molecule has 1 heterocycles. The van der Waals surface area contributed by atoms with Crippen LogP contribution in [0.5, 0.6) is 0 Å². The largest absolute Gasteiger partial charge is 0.330 e. The second-order valence-corrected chi connectivity index (χ2v) is 8.31. The lowest BCUT2D eigenvalue weighted by molar-refractivity contribution is 0.103. The summed E-state index contributed by atoms with van der Waals surface area (Å²) < 4.78 is 27.9. The van der Waals surface area contributed by atoms with Crippen LogP contribution in [0.1, 0.15) is 29.3 Å². The van der Waals surface area contributed by atoms with Crippen LogP contribution in [0.15, 0.2) is 59.5 Å². The highest BCUT2D eigenvalue weighted by Crippen LogP contribution is 2.31. The minimum atomic E-state index is -3.76. The van der Waals surface area contributed by atoms with Crippen LogP contribution >= 0.6 is 0 Å². The minimum Gasteiger partial charge on any atom is -0.330 e. The average Bonchev–Trinajstić information content (AvgIpc) is 3.03. The number of nitrogens with two attached hydrogens (primary N) is 1. The van der Waals surface area contributed by atoms with Gasteiger partial charge in [-0.1, -0.05) is 42.5 Å². The van der Waals surface area contributed by atoms with E-state index < -0.39 is 10.0 Å². The molecule has 1 aliphatic heterocycles. The van der Waals surface area contributed by atoms with Crippen LogP contribution in [0.3, 0.4) is 0 Å². The number of benzene rings is 2. The van der Waals surface area contributed by atoms with Gasteiger partial charge in [-0.15, -0.1) is 0 Å². The second-order valence-electron chi connectivity index (χ2n) is 6.45. The van der Waals surface area contributed by atoms with Crippen molar-refractivity contribution in [2.24, 2.45) is 11.7 Å². The van der Waals surface area contributed by atoms with Crippen LogP contribution in [0.4, 0.5) is 0 Å². The molecular formula is C19H22N2O3S. The molecule has 0 radical (unpaired) electrons. The van der Waals surface area contributed by atoms with Gasteiger partial charge in [-0.25, -0.2) is 8.42 Å². The molecule has 2 atom stereocenters. The van der Waals surface area contributed by atoms with E-state index in [2.05, 4.69) is 0 Å². The molecule has 1 aliphatic rings. The highest BCUT2D eigenvalue weighted by atomic mass is 32.2. The monoisotopic (exact) mass is 358 g/mol. The van der Waals surface area contributed by atoms with Gasteiger partial charge in [0.05, 0.1) is 4.90 Å². The molecule has 6 heteroatoms. The van der Waals surface area contributed by atoms with Gasteiger partial charge in [0.1, 0.15) is 0 Å². The third kappa shape index (κ3) is 3.38. The molecule has 0 amide bonds. The van der Waals surface area contributed by atoms with Crippen molar-refractivity contribution in [3.63, 3.8) is 0 Å². The first-order valence-electron chi connectivity index (χ1n) is 8.36. The summed E-state index contributed by atoms with van der Waals surface area (Å²) in [7, 11) is -3.76. The van der Waals surface area contributed by atoms with E-state index in [0.717, 1.165) is 6.42 Å². The van der Waals surface area contributed by atoms with Crippen molar-refractivity contribution in [3.8, 4) is 0 Å². The topological polar surface area (TPSA) is 80.5 Å². The van der Waals surface area contributed by atoms with Crippen molar-refractivity contribution in [1.29, 1.82) is 0 Å². The molecular weight excluding hydrogens is 336 g/mol. The summed E-state index contributed by atoms with van der Waals surface area (Å²) in [5.74, 6) is -0.135. The number of nitrogens with zero attached hydrogens (tertiary/aromatic N) is 1. The van der Waals surface area contributed by atoms with Crippen molar-refractivity contribution in [2.75, 3.05) is 13.1 Å². The van der Waals surface area contributed by atoms with Crippen molar-refractivity contribution in [3.05, 3.63) is 65.7 Å². The van der Waals surface area contributed by atoms with Crippen molar-refractivity contribution >= 4 is 15.8 Å². The fourth-order valence-corrected chi connectivity index (χ4v) is 5.27. The Morgan fingerprint density at radius 1 is 1.12 bits per heavy atom. The van der Waals surface area contributed by atoms with E-state index in [4.69, 9.17) is 5.73 Å². The molecule has 5 nitrogen and oxygen atoms in total. The molecule has 0 bridgehead atoms. The Bertz CT molecular complexity index is 865. The molecule has 2 N–H and O–H groups in total. The van der Waals surface area contributed by atoms with Gasteiger partial charge in [-0.05, 0) is 37.9 Å². The van der Waals surface area contributed by atoms with Crippen LogP contribution in [0, 0.1) is 5.92 Å². The van der Waals surface area contributed by atoms with E-state index in [1.807, 2.05) is 13.0 Å². The summed E-state index contributed by atoms with van der Waals surface area (Å²) in [6.07, 6.45) is 0.741. The van der Waals surface area contributed by atoms with Crippen molar-refractivity contribution in [2.45, 2.75) is 24.3 Å². The second kappa shape index (κ2) is 7.07. The zero-order valence-corrected chi connectivity index (χ0v) is 14.9. The highest BCUT2D eigenvalue weighted by molar-refractivity contribution is 7.89. The van der Waals surface area contributed by atoms with Crippen LogP contribution < -0.4 is 5.73 Å². The molecule has 0 aromatic heterocycles. The predicted molar refractivity (Wildman–Crippen MR) is 96.8 cm³/mol. The molecule has 25 heavy (non-hydrogen) atoms. The molecule has 0 saturated carbocycles. The Morgan fingerprint density at radius 3 is 2.40 bits per heavy atom. The van der Waals surface area contributed by atoms with Gasteiger partial charge >= 0.3 is 0 Å². The maximum absolute atomic E-state index is 13.2. The number of carbonyl (C=O) groups is 1. The van der Waals surface area contributed by atoms with Gasteiger partial charge in [0.25, 0.3) is 0 Å². The SMILES string of the molecule is CC1CC(CN)CN1S(=O)(=O)c1ccccc1C(=O)c1ccccc1. The van der Waals surface area contributed by atoms with Gasteiger partial charge in [-0.3, -0.25) is 4.79 Å². The van der Waals surface area contributed by atoms with Crippen molar-refractivity contribution in [1.82, 2.24) is 4.31 Å². The smallest absolute Gasteiger partial charge is 0.244 e. The summed E-state index contributed by atoms with van der Waals surface area (Å²) in [6, 6.07) is 15.0. The zero-order valence-electron chi connectivity index (χ0n) is 14.1. The molecule has 132 valence electrons. The Hall–Kier alpha value is -2.02. The fourth-order valence-electron chi connectivity index (χ4n) is 3.37. The molecule has 2 aromatic rings. The Balaban J connectivity index is 2.02. The lowest BCUT2D eigenvalue weighted by atomic mass is 10.0. The number of ketones is 1. The highest BCUT2D eigenvalue weighted by Gasteiger charge is 2.38. The number of carbonyl (C=O) groups excluding carboxylic acids is 1. The first-order valence-corrected chi connectivity index (χ1v) is 9.80. The average molecular weight is 358 g/mol. The maximum atomic E-state index is 13.2. The van der Waals surface area contributed by atoms with E-state index in [0.29, 0.717) is 18.7 Å². The lowest BCUT2D eigenvalue weighted by Gasteiger charge is -2.22. The van der Waals surface area contributed by atoms with Gasteiger partial charge < -0.3 is 5.73 Å². The molecule has 0 spiro atoms. The summed E-state index contributed by atoms with van der Waals surface area (Å²) in [5.41, 5.74) is 6.40. The van der Waals surface area contributed by atoms with E-state index in [9.17, 15) is 13.2 Å². The Morgan fingerprint density at radius 2 is 1.76 bits per heavy atom. The number of rotatable bonds is 5. The lowest BCUT2D eigenvalue weighted by Crippen LogP contribution is -2.35. The number of sulfonamides is 1. The first kappa shape index (κ1) is 17.8.